The van der Waals surface area contributed by atoms with Crippen LogP contribution in [0.5, 0.6) is 0 Å². The topological polar surface area (TPSA) is 58.1 Å². The molecule has 0 radical (unpaired) electrons. The number of carbonyl (C=O) groups is 1. The number of nitrogens with one attached hydrogen (secondary N) is 1. The van der Waals surface area contributed by atoms with Gasteiger partial charge in [-0.2, -0.15) is 0 Å². The largest absolute Gasteiger partial charge is 0.371 e. The molecule has 5 nitrogen and oxygen atoms in total. The van der Waals surface area contributed by atoms with Gasteiger partial charge in [-0.15, -0.1) is 10.2 Å². The van der Waals surface area contributed by atoms with E-state index in [1.165, 1.54) is 23.5 Å². The summed E-state index contributed by atoms with van der Waals surface area (Å²) in [4.78, 5) is 14.2. The summed E-state index contributed by atoms with van der Waals surface area (Å²) in [5.41, 5.74) is 1.02. The van der Waals surface area contributed by atoms with Crippen LogP contribution in [-0.2, 0) is 0 Å². The number of halogens is 1. The lowest BCUT2D eigenvalue weighted by atomic mass is 10.1. The van der Waals surface area contributed by atoms with E-state index < -0.39 is 0 Å². The number of carbonyl (C=O) groups excluding carboxylic acids is 1. The third kappa shape index (κ3) is 3.41. The molecule has 1 N–H and O–H groups in total. The second kappa shape index (κ2) is 6.39. The standard InChI is InChI=1S/C15H17FN4OS/c1-10-18-19-15(22-10)14(21)17-8-11-6-7-20(9-11)13-4-2-12(16)3-5-13/h2-5,11H,6-9H2,1H3,(H,17,21). The number of amides is 1. The summed E-state index contributed by atoms with van der Waals surface area (Å²) >= 11 is 1.30. The summed E-state index contributed by atoms with van der Waals surface area (Å²) in [5.74, 6) is 0.00737. The Labute approximate surface area is 132 Å². The Morgan fingerprint density at radius 2 is 2.18 bits per heavy atom. The van der Waals surface area contributed by atoms with Gasteiger partial charge in [-0.1, -0.05) is 11.3 Å². The summed E-state index contributed by atoms with van der Waals surface area (Å²) in [5, 5.41) is 11.8. The van der Waals surface area contributed by atoms with Crippen molar-refractivity contribution in [3.05, 3.63) is 40.1 Å². The molecule has 0 bridgehead atoms. The van der Waals surface area contributed by atoms with Crippen molar-refractivity contribution in [2.45, 2.75) is 13.3 Å². The molecule has 2 heterocycles. The molecule has 1 aliphatic heterocycles. The number of aromatic nitrogens is 2. The Kier molecular flexibility index (Phi) is 4.33. The van der Waals surface area contributed by atoms with Gasteiger partial charge in [0.05, 0.1) is 0 Å². The first-order valence-electron chi connectivity index (χ1n) is 7.20. The predicted molar refractivity (Wildman–Crippen MR) is 83.7 cm³/mol. The number of aryl methyl sites for hydroxylation is 1. The van der Waals surface area contributed by atoms with Crippen LogP contribution in [0, 0.1) is 18.7 Å². The third-order valence-electron chi connectivity index (χ3n) is 3.75. The van der Waals surface area contributed by atoms with Crippen molar-refractivity contribution in [2.24, 2.45) is 5.92 Å². The predicted octanol–water partition coefficient (Wildman–Crippen LogP) is 2.24. The maximum Gasteiger partial charge on any atom is 0.282 e. The van der Waals surface area contributed by atoms with Crippen molar-refractivity contribution in [3.8, 4) is 0 Å². The van der Waals surface area contributed by atoms with E-state index in [1.807, 2.05) is 6.92 Å². The number of anilines is 1. The molecule has 1 atom stereocenters. The highest BCUT2D eigenvalue weighted by molar-refractivity contribution is 7.13. The lowest BCUT2D eigenvalue weighted by molar-refractivity contribution is 0.0947. The van der Waals surface area contributed by atoms with Crippen LogP contribution in [0.2, 0.25) is 0 Å². The van der Waals surface area contributed by atoms with Gasteiger partial charge in [0.15, 0.2) is 0 Å². The van der Waals surface area contributed by atoms with E-state index >= 15 is 0 Å². The van der Waals surface area contributed by atoms with Crippen molar-refractivity contribution in [2.75, 3.05) is 24.5 Å². The van der Waals surface area contributed by atoms with Crippen LogP contribution in [0.4, 0.5) is 10.1 Å². The SMILES string of the molecule is Cc1nnc(C(=O)NCC2CCN(c3ccc(F)cc3)C2)s1. The van der Waals surface area contributed by atoms with Crippen LogP contribution in [-0.4, -0.2) is 35.7 Å². The van der Waals surface area contributed by atoms with Crippen LogP contribution >= 0.6 is 11.3 Å². The average Bonchev–Trinajstić information content (AvgIpc) is 3.15. The van der Waals surface area contributed by atoms with Crippen LogP contribution in [0.1, 0.15) is 21.2 Å². The van der Waals surface area contributed by atoms with Gasteiger partial charge in [-0.25, -0.2) is 4.39 Å². The lowest BCUT2D eigenvalue weighted by Crippen LogP contribution is -2.31. The van der Waals surface area contributed by atoms with E-state index in [4.69, 9.17) is 0 Å². The van der Waals surface area contributed by atoms with Crippen LogP contribution < -0.4 is 10.2 Å². The molecule has 0 aliphatic carbocycles. The summed E-state index contributed by atoms with van der Waals surface area (Å²) in [6, 6.07) is 6.53. The minimum Gasteiger partial charge on any atom is -0.371 e. The molecule has 1 unspecified atom stereocenters. The van der Waals surface area contributed by atoms with E-state index in [0.29, 0.717) is 17.5 Å². The van der Waals surface area contributed by atoms with Crippen molar-refractivity contribution >= 4 is 22.9 Å². The van der Waals surface area contributed by atoms with Crippen LogP contribution in [0.15, 0.2) is 24.3 Å². The number of benzene rings is 1. The molecule has 1 aromatic carbocycles. The van der Waals surface area contributed by atoms with Gasteiger partial charge in [0.25, 0.3) is 5.91 Å². The Bertz CT molecular complexity index is 658. The minimum atomic E-state index is -0.223. The maximum atomic E-state index is 12.9. The fourth-order valence-electron chi connectivity index (χ4n) is 2.59. The summed E-state index contributed by atoms with van der Waals surface area (Å²) in [6.45, 7) is 4.23. The molecule has 1 aliphatic rings. The zero-order valence-electron chi connectivity index (χ0n) is 12.3. The zero-order chi connectivity index (χ0) is 15.5. The molecule has 1 aromatic heterocycles. The molecule has 1 fully saturated rings. The van der Waals surface area contributed by atoms with Gasteiger partial charge in [0, 0.05) is 25.3 Å². The van der Waals surface area contributed by atoms with Crippen molar-refractivity contribution in [1.82, 2.24) is 15.5 Å². The Morgan fingerprint density at radius 1 is 1.41 bits per heavy atom. The lowest BCUT2D eigenvalue weighted by Gasteiger charge is -2.18. The summed E-state index contributed by atoms with van der Waals surface area (Å²) in [7, 11) is 0. The van der Waals surface area contributed by atoms with Crippen molar-refractivity contribution < 1.29 is 9.18 Å². The number of rotatable bonds is 4. The zero-order valence-corrected chi connectivity index (χ0v) is 13.1. The van der Waals surface area contributed by atoms with Crippen molar-refractivity contribution in [3.63, 3.8) is 0 Å². The van der Waals surface area contributed by atoms with E-state index in [9.17, 15) is 9.18 Å². The van der Waals surface area contributed by atoms with Crippen LogP contribution in [0.3, 0.4) is 0 Å². The summed E-state index contributed by atoms with van der Waals surface area (Å²) < 4.78 is 12.9. The van der Waals surface area contributed by atoms with E-state index in [0.717, 1.165) is 30.2 Å². The van der Waals surface area contributed by atoms with Crippen molar-refractivity contribution in [1.29, 1.82) is 0 Å². The monoisotopic (exact) mass is 320 g/mol. The Balaban J connectivity index is 1.51. The third-order valence-corrected chi connectivity index (χ3v) is 4.59. The molecule has 116 valence electrons. The van der Waals surface area contributed by atoms with Gasteiger partial charge >= 0.3 is 0 Å². The molecule has 0 saturated carbocycles. The van der Waals surface area contributed by atoms with Gasteiger partial charge in [0.1, 0.15) is 10.8 Å². The average molecular weight is 320 g/mol. The van der Waals surface area contributed by atoms with Gasteiger partial charge in [0.2, 0.25) is 5.01 Å². The molecule has 22 heavy (non-hydrogen) atoms. The van der Waals surface area contributed by atoms with Gasteiger partial charge in [-0.05, 0) is 43.5 Å². The van der Waals surface area contributed by atoms with Crippen LogP contribution in [0.25, 0.3) is 0 Å². The second-order valence-electron chi connectivity index (χ2n) is 5.41. The maximum absolute atomic E-state index is 12.9. The first-order valence-corrected chi connectivity index (χ1v) is 8.02. The summed E-state index contributed by atoms with van der Waals surface area (Å²) in [6.07, 6.45) is 1.01. The van der Waals surface area contributed by atoms with Gasteiger partial charge < -0.3 is 10.2 Å². The Hall–Kier alpha value is -2.02. The fourth-order valence-corrected chi connectivity index (χ4v) is 3.19. The minimum absolute atomic E-state index is 0.161. The van der Waals surface area contributed by atoms with Gasteiger partial charge in [-0.3, -0.25) is 4.79 Å². The molecule has 7 heteroatoms. The second-order valence-corrected chi connectivity index (χ2v) is 6.60. The van der Waals surface area contributed by atoms with E-state index in [-0.39, 0.29) is 11.7 Å². The molecule has 3 rings (SSSR count). The first-order chi connectivity index (χ1) is 10.6. The molecule has 2 aromatic rings. The quantitative estimate of drug-likeness (QED) is 0.939. The molecule has 1 amide bonds. The molecule has 1 saturated heterocycles. The Morgan fingerprint density at radius 3 is 2.86 bits per heavy atom. The van der Waals surface area contributed by atoms with E-state index in [1.54, 1.807) is 12.1 Å². The number of nitrogens with zero attached hydrogens (tertiary/aromatic N) is 3. The van der Waals surface area contributed by atoms with E-state index in [2.05, 4.69) is 20.4 Å². The smallest absolute Gasteiger partial charge is 0.282 e. The highest BCUT2D eigenvalue weighted by atomic mass is 32.1. The molecular weight excluding hydrogens is 303 g/mol. The molecule has 0 spiro atoms. The highest BCUT2D eigenvalue weighted by Crippen LogP contribution is 2.23. The normalized spacial score (nSPS) is 17.7. The number of hydrogen-bond acceptors (Lipinski definition) is 5. The fraction of sp³-hybridized carbons (Fsp3) is 0.400. The molecular formula is C15H17FN4OS. The number of hydrogen-bond donors (Lipinski definition) is 1. The first kappa shape index (κ1) is 14.9. The highest BCUT2D eigenvalue weighted by Gasteiger charge is 2.23.